The molecule has 1 aliphatic carbocycles. The van der Waals surface area contributed by atoms with Gasteiger partial charge in [-0.3, -0.25) is 4.31 Å². The van der Waals surface area contributed by atoms with E-state index in [0.29, 0.717) is 19.0 Å². The summed E-state index contributed by atoms with van der Waals surface area (Å²) in [6, 6.07) is 7.63. The number of benzene rings is 1. The van der Waals surface area contributed by atoms with E-state index in [-0.39, 0.29) is 18.2 Å². The molecule has 0 aromatic heterocycles. The van der Waals surface area contributed by atoms with Gasteiger partial charge in [-0.1, -0.05) is 31.4 Å². The Kier molecular flexibility index (Phi) is 4.81. The Morgan fingerprint density at radius 3 is 2.70 bits per heavy atom. The van der Waals surface area contributed by atoms with Crippen LogP contribution < -0.4 is 9.62 Å². The summed E-state index contributed by atoms with van der Waals surface area (Å²) in [6.45, 7) is 1.21. The van der Waals surface area contributed by atoms with Crippen molar-refractivity contribution in [3.05, 3.63) is 24.3 Å². The van der Waals surface area contributed by atoms with Crippen LogP contribution in [0.25, 0.3) is 0 Å². The van der Waals surface area contributed by atoms with Gasteiger partial charge in [-0.2, -0.15) is 0 Å². The summed E-state index contributed by atoms with van der Waals surface area (Å²) in [7, 11) is -3.17. The molecule has 6 heteroatoms. The summed E-state index contributed by atoms with van der Waals surface area (Å²) in [5, 5.41) is 3.25. The highest BCUT2D eigenvalue weighted by molar-refractivity contribution is 7.92. The monoisotopic (exact) mass is 316 g/mol. The maximum atomic E-state index is 12.5. The van der Waals surface area contributed by atoms with E-state index in [2.05, 4.69) is 5.32 Å². The van der Waals surface area contributed by atoms with E-state index in [1.54, 1.807) is 4.31 Å². The van der Waals surface area contributed by atoms with Gasteiger partial charge in [-0.25, -0.2) is 8.42 Å². The normalized spacial score (nSPS) is 18.5. The Hall–Kier alpha value is -0.940. The Bertz CT molecular complexity index is 558. The lowest BCUT2D eigenvalue weighted by atomic mass is 9.84. The van der Waals surface area contributed by atoms with E-state index >= 15 is 0 Å². The molecule has 0 amide bonds. The minimum atomic E-state index is -3.17. The molecule has 0 saturated heterocycles. The molecule has 1 N–H and O–H groups in total. The molecule has 1 aromatic carbocycles. The molecule has 1 aromatic rings. The predicted molar refractivity (Wildman–Crippen MR) is 85.3 cm³/mol. The summed E-state index contributed by atoms with van der Waals surface area (Å²) in [4.78, 5) is 0. The highest BCUT2D eigenvalue weighted by Gasteiger charge is 2.28. The first-order chi connectivity index (χ1) is 9.17. The quantitative estimate of drug-likeness (QED) is 0.929. The van der Waals surface area contributed by atoms with E-state index in [4.69, 9.17) is 0 Å². The third-order valence-electron chi connectivity index (χ3n) is 4.15. The largest absolute Gasteiger partial charge is 0.382 e. The molecule has 1 heterocycles. The fourth-order valence-electron chi connectivity index (χ4n) is 2.75. The number of nitrogens with zero attached hydrogens (tertiary/aromatic N) is 1. The van der Waals surface area contributed by atoms with Gasteiger partial charge in [0.25, 0.3) is 0 Å². The zero-order valence-corrected chi connectivity index (χ0v) is 13.0. The van der Waals surface area contributed by atoms with Crippen molar-refractivity contribution in [2.24, 2.45) is 5.92 Å². The van der Waals surface area contributed by atoms with Gasteiger partial charge in [0.1, 0.15) is 0 Å². The second-order valence-electron chi connectivity index (χ2n) is 5.42. The number of halogens is 1. The topological polar surface area (TPSA) is 49.4 Å². The van der Waals surface area contributed by atoms with Crippen molar-refractivity contribution >= 4 is 33.8 Å². The highest BCUT2D eigenvalue weighted by Crippen LogP contribution is 2.33. The lowest BCUT2D eigenvalue weighted by molar-refractivity contribution is 0.307. The Morgan fingerprint density at radius 1 is 1.25 bits per heavy atom. The van der Waals surface area contributed by atoms with Gasteiger partial charge >= 0.3 is 0 Å². The number of para-hydroxylation sites is 2. The predicted octanol–water partition coefficient (Wildman–Crippen LogP) is 2.86. The molecular weight excluding hydrogens is 296 g/mol. The summed E-state index contributed by atoms with van der Waals surface area (Å²) >= 11 is 0. The molecule has 0 spiro atoms. The second kappa shape index (κ2) is 6.22. The fourth-order valence-corrected chi connectivity index (χ4v) is 4.43. The number of fused-ring (bicyclic) bond motifs is 1. The molecule has 1 fully saturated rings. The maximum Gasteiger partial charge on any atom is 0.235 e. The van der Waals surface area contributed by atoms with Crippen molar-refractivity contribution in [2.45, 2.75) is 25.7 Å². The lowest BCUT2D eigenvalue weighted by Gasteiger charge is -2.32. The zero-order chi connectivity index (χ0) is 13.3. The van der Waals surface area contributed by atoms with Crippen LogP contribution in [0, 0.1) is 5.92 Å². The van der Waals surface area contributed by atoms with Crippen molar-refractivity contribution in [2.75, 3.05) is 28.5 Å². The Labute approximate surface area is 127 Å². The van der Waals surface area contributed by atoms with E-state index < -0.39 is 10.0 Å². The van der Waals surface area contributed by atoms with Crippen LogP contribution in [0.2, 0.25) is 0 Å². The molecule has 4 nitrogen and oxygen atoms in total. The second-order valence-corrected chi connectivity index (χ2v) is 7.43. The minimum Gasteiger partial charge on any atom is -0.382 e. The Morgan fingerprint density at radius 2 is 2.00 bits per heavy atom. The van der Waals surface area contributed by atoms with Crippen LogP contribution in [0.3, 0.4) is 0 Å². The summed E-state index contributed by atoms with van der Waals surface area (Å²) in [5.41, 5.74) is 1.71. The molecule has 1 saturated carbocycles. The van der Waals surface area contributed by atoms with Crippen molar-refractivity contribution in [3.63, 3.8) is 0 Å². The van der Waals surface area contributed by atoms with E-state index in [1.807, 2.05) is 24.3 Å². The van der Waals surface area contributed by atoms with Crippen molar-refractivity contribution in [1.29, 1.82) is 0 Å². The van der Waals surface area contributed by atoms with Crippen LogP contribution in [0.15, 0.2) is 24.3 Å². The number of rotatable bonds is 4. The van der Waals surface area contributed by atoms with E-state index in [0.717, 1.165) is 17.8 Å². The van der Waals surface area contributed by atoms with Crippen LogP contribution in [-0.2, 0) is 10.0 Å². The first-order valence-corrected chi connectivity index (χ1v) is 8.61. The number of anilines is 2. The smallest absolute Gasteiger partial charge is 0.235 e. The molecule has 3 rings (SSSR count). The summed E-state index contributed by atoms with van der Waals surface area (Å²) in [6.07, 6.45) is 4.48. The van der Waals surface area contributed by atoms with Gasteiger partial charge in [-0.15, -0.1) is 12.4 Å². The van der Waals surface area contributed by atoms with Crippen molar-refractivity contribution < 1.29 is 8.42 Å². The maximum absolute atomic E-state index is 12.5. The molecule has 2 aliphatic rings. The number of hydrogen-bond acceptors (Lipinski definition) is 3. The molecule has 0 atom stereocenters. The highest BCUT2D eigenvalue weighted by atomic mass is 35.5. The van der Waals surface area contributed by atoms with Crippen LogP contribution in [0.4, 0.5) is 11.4 Å². The number of hydrogen-bond donors (Lipinski definition) is 1. The first-order valence-electron chi connectivity index (χ1n) is 7.00. The molecule has 0 unspecified atom stereocenters. The summed E-state index contributed by atoms with van der Waals surface area (Å²) in [5.74, 6) is 0.916. The summed E-state index contributed by atoms with van der Waals surface area (Å²) < 4.78 is 26.6. The first kappa shape index (κ1) is 15.4. The van der Waals surface area contributed by atoms with Crippen LogP contribution in [0.5, 0.6) is 0 Å². The molecule has 1 aliphatic heterocycles. The van der Waals surface area contributed by atoms with Gasteiger partial charge in [0.2, 0.25) is 10.0 Å². The van der Waals surface area contributed by atoms with Gasteiger partial charge in [0.05, 0.1) is 23.7 Å². The van der Waals surface area contributed by atoms with Crippen molar-refractivity contribution in [3.8, 4) is 0 Å². The molecule has 112 valence electrons. The van der Waals surface area contributed by atoms with Gasteiger partial charge in [0, 0.05) is 6.54 Å². The van der Waals surface area contributed by atoms with E-state index in [9.17, 15) is 8.42 Å². The third-order valence-corrected chi connectivity index (χ3v) is 5.95. The van der Waals surface area contributed by atoms with Crippen LogP contribution in [0.1, 0.15) is 25.7 Å². The molecule has 0 bridgehead atoms. The average Bonchev–Trinajstić information content (AvgIpc) is 2.36. The van der Waals surface area contributed by atoms with E-state index in [1.165, 1.54) is 19.3 Å². The van der Waals surface area contributed by atoms with Gasteiger partial charge < -0.3 is 5.32 Å². The fraction of sp³-hybridized carbons (Fsp3) is 0.571. The van der Waals surface area contributed by atoms with Gasteiger partial charge in [0.15, 0.2) is 0 Å². The van der Waals surface area contributed by atoms with Gasteiger partial charge in [-0.05, 0) is 24.5 Å². The number of sulfonamides is 1. The van der Waals surface area contributed by atoms with Crippen molar-refractivity contribution in [1.82, 2.24) is 0 Å². The number of nitrogens with one attached hydrogen (secondary N) is 1. The Balaban J connectivity index is 0.00000147. The third kappa shape index (κ3) is 3.04. The molecule has 20 heavy (non-hydrogen) atoms. The zero-order valence-electron chi connectivity index (χ0n) is 11.4. The SMILES string of the molecule is Cl.O=S(=O)(CCC1CCC1)N1CCNc2ccccc21. The average molecular weight is 317 g/mol. The molecule has 0 radical (unpaired) electrons. The lowest BCUT2D eigenvalue weighted by Crippen LogP contribution is -2.40. The van der Waals surface area contributed by atoms with Crippen LogP contribution >= 0.6 is 12.4 Å². The standard InChI is InChI=1S/C14H20N2O2S.ClH/c17-19(18,11-8-12-4-3-5-12)16-10-9-15-13-6-1-2-7-14(13)16;/h1-2,6-7,12,15H,3-5,8-11H2;1H. The minimum absolute atomic E-state index is 0. The van der Waals surface area contributed by atoms with Crippen LogP contribution in [-0.4, -0.2) is 27.3 Å². The molecular formula is C14H21ClN2O2S.